The SMILES string of the molecule is Cn1c(=O)c2c([nH]c(Oc3ccc(Oc4ncc(Cl)cc4Cl)cc3)[n+]2Cc2ccc(C#N)cc2)n(C)c1=O. The number of imidazole rings is 1. The van der Waals surface area contributed by atoms with Crippen LogP contribution in [-0.4, -0.2) is 19.1 Å². The Labute approximate surface area is 225 Å². The average molecular weight is 550 g/mol. The van der Waals surface area contributed by atoms with Crippen LogP contribution in [0.25, 0.3) is 11.2 Å². The highest BCUT2D eigenvalue weighted by molar-refractivity contribution is 6.35. The summed E-state index contributed by atoms with van der Waals surface area (Å²) in [7, 11) is 2.99. The Morgan fingerprint density at radius 1 is 1.00 bits per heavy atom. The van der Waals surface area contributed by atoms with Crippen molar-refractivity contribution >= 4 is 34.4 Å². The number of H-pyrrole nitrogens is 1. The second-order valence-corrected chi connectivity index (χ2v) is 9.19. The molecule has 0 radical (unpaired) electrons. The van der Waals surface area contributed by atoms with Crippen molar-refractivity contribution in [2.24, 2.45) is 14.1 Å². The van der Waals surface area contributed by atoms with Gasteiger partial charge in [-0.05, 0) is 48.0 Å². The van der Waals surface area contributed by atoms with E-state index in [4.69, 9.17) is 37.9 Å². The third kappa shape index (κ3) is 4.72. The van der Waals surface area contributed by atoms with E-state index in [0.717, 1.165) is 10.1 Å². The lowest BCUT2D eigenvalue weighted by molar-refractivity contribution is -0.667. The van der Waals surface area contributed by atoms with E-state index in [0.29, 0.717) is 27.7 Å². The van der Waals surface area contributed by atoms with Gasteiger partial charge in [0.25, 0.3) is 11.2 Å². The van der Waals surface area contributed by atoms with Crippen molar-refractivity contribution in [2.75, 3.05) is 0 Å². The molecule has 0 aliphatic rings. The number of aromatic amines is 1. The lowest BCUT2D eigenvalue weighted by atomic mass is 10.1. The topological polar surface area (TPSA) is 119 Å². The molecule has 0 aliphatic heterocycles. The van der Waals surface area contributed by atoms with Crippen LogP contribution in [0, 0.1) is 11.3 Å². The van der Waals surface area contributed by atoms with Gasteiger partial charge in [-0.15, -0.1) is 0 Å². The lowest BCUT2D eigenvalue weighted by Gasteiger charge is -2.08. The van der Waals surface area contributed by atoms with E-state index in [9.17, 15) is 9.59 Å². The van der Waals surface area contributed by atoms with Crippen molar-refractivity contribution in [1.29, 1.82) is 5.26 Å². The number of hydrogen-bond donors (Lipinski definition) is 1. The largest absolute Gasteiger partial charge is 0.462 e. The standard InChI is InChI=1S/C26H18Cl2N6O4/c1-32-22-21(24(35)33(2)26(32)36)34(14-16-5-3-15(12-29)4-6-16)25(31-22)38-19-9-7-18(8-10-19)37-23-20(28)11-17(27)13-30-23/h3-11,13H,14H2,1-2H3/p+1. The molecule has 0 fully saturated rings. The van der Waals surface area contributed by atoms with Gasteiger partial charge in [0.15, 0.2) is 0 Å². The molecule has 0 amide bonds. The van der Waals surface area contributed by atoms with E-state index in [-0.39, 0.29) is 29.0 Å². The summed E-state index contributed by atoms with van der Waals surface area (Å²) in [6.45, 7) is 0.246. The summed E-state index contributed by atoms with van der Waals surface area (Å²) in [5, 5.41) is 9.77. The van der Waals surface area contributed by atoms with E-state index in [2.05, 4.69) is 16.0 Å². The predicted octanol–water partition coefficient (Wildman–Crippen LogP) is 4.06. The molecule has 0 aliphatic carbocycles. The molecular formula is C26H19Cl2N6O4+. The van der Waals surface area contributed by atoms with E-state index in [1.54, 1.807) is 60.1 Å². The molecule has 190 valence electrons. The second-order valence-electron chi connectivity index (χ2n) is 8.34. The maximum Gasteiger partial charge on any atom is 0.462 e. The second kappa shape index (κ2) is 10.0. The maximum atomic E-state index is 13.1. The van der Waals surface area contributed by atoms with Crippen molar-refractivity contribution in [3.63, 3.8) is 0 Å². The van der Waals surface area contributed by atoms with Crippen molar-refractivity contribution < 1.29 is 14.0 Å². The fraction of sp³-hybridized carbons (Fsp3) is 0.115. The number of hydrogen-bond acceptors (Lipinski definition) is 6. The molecule has 0 spiro atoms. The van der Waals surface area contributed by atoms with Gasteiger partial charge in [0, 0.05) is 20.3 Å². The number of rotatable bonds is 6. The summed E-state index contributed by atoms with van der Waals surface area (Å²) in [6.07, 6.45) is 1.43. The van der Waals surface area contributed by atoms with Crippen LogP contribution in [0.4, 0.5) is 0 Å². The molecule has 0 unspecified atom stereocenters. The molecule has 5 rings (SSSR count). The Kier molecular flexibility index (Phi) is 6.63. The minimum absolute atomic E-state index is 0.206. The minimum atomic E-state index is -0.475. The van der Waals surface area contributed by atoms with Gasteiger partial charge in [-0.25, -0.2) is 9.78 Å². The molecule has 0 saturated heterocycles. The van der Waals surface area contributed by atoms with Crippen LogP contribution < -0.4 is 25.3 Å². The molecule has 0 atom stereocenters. The van der Waals surface area contributed by atoms with Crippen LogP contribution >= 0.6 is 23.2 Å². The first-order chi connectivity index (χ1) is 18.2. The van der Waals surface area contributed by atoms with Crippen molar-refractivity contribution in [3.8, 4) is 29.5 Å². The minimum Gasteiger partial charge on any atom is -0.438 e. The number of aryl methyl sites for hydroxylation is 1. The van der Waals surface area contributed by atoms with Crippen molar-refractivity contribution in [3.05, 3.63) is 103 Å². The summed E-state index contributed by atoms with van der Waals surface area (Å²) in [5.41, 5.74) is 0.967. The maximum absolute atomic E-state index is 13.1. The summed E-state index contributed by atoms with van der Waals surface area (Å²) >= 11 is 12.0. The van der Waals surface area contributed by atoms with Crippen LogP contribution in [0.3, 0.4) is 0 Å². The number of fused-ring (bicyclic) bond motifs is 1. The zero-order valence-electron chi connectivity index (χ0n) is 20.1. The summed E-state index contributed by atoms with van der Waals surface area (Å²) in [4.78, 5) is 32.8. The van der Waals surface area contributed by atoms with Gasteiger partial charge in [0.05, 0.1) is 16.7 Å². The zero-order chi connectivity index (χ0) is 27.0. The average Bonchev–Trinajstić information content (AvgIpc) is 3.27. The molecule has 12 heteroatoms. The first-order valence-electron chi connectivity index (χ1n) is 11.2. The van der Waals surface area contributed by atoms with Gasteiger partial charge in [0.1, 0.15) is 23.1 Å². The van der Waals surface area contributed by atoms with Crippen LogP contribution in [0.15, 0.2) is 70.4 Å². The third-order valence-corrected chi connectivity index (χ3v) is 6.31. The van der Waals surface area contributed by atoms with Gasteiger partial charge in [0.2, 0.25) is 5.88 Å². The molecule has 0 saturated carbocycles. The van der Waals surface area contributed by atoms with E-state index in [1.165, 1.54) is 23.9 Å². The Morgan fingerprint density at radius 2 is 1.66 bits per heavy atom. The quantitative estimate of drug-likeness (QED) is 0.319. The highest BCUT2D eigenvalue weighted by Crippen LogP contribution is 2.30. The third-order valence-electron chi connectivity index (χ3n) is 5.83. The van der Waals surface area contributed by atoms with Gasteiger partial charge in [-0.1, -0.05) is 35.3 Å². The number of benzene rings is 2. The van der Waals surface area contributed by atoms with Crippen LogP contribution in [0.2, 0.25) is 10.0 Å². The van der Waals surface area contributed by atoms with E-state index in [1.807, 2.05) is 0 Å². The number of halogens is 2. The van der Waals surface area contributed by atoms with Crippen molar-refractivity contribution in [2.45, 2.75) is 6.54 Å². The Bertz CT molecular complexity index is 1830. The molecule has 2 aromatic carbocycles. The number of nitriles is 1. The number of pyridine rings is 1. The fourth-order valence-corrected chi connectivity index (χ4v) is 4.28. The molecule has 5 aromatic rings. The van der Waals surface area contributed by atoms with Gasteiger partial charge in [-0.3, -0.25) is 13.9 Å². The highest BCUT2D eigenvalue weighted by atomic mass is 35.5. The predicted molar refractivity (Wildman–Crippen MR) is 140 cm³/mol. The van der Waals surface area contributed by atoms with Crippen LogP contribution in [-0.2, 0) is 20.6 Å². The summed E-state index contributed by atoms with van der Waals surface area (Å²) < 4.78 is 15.9. The van der Waals surface area contributed by atoms with Crippen LogP contribution in [0.1, 0.15) is 11.1 Å². The number of nitrogens with one attached hydrogen (secondary N) is 1. The van der Waals surface area contributed by atoms with Crippen LogP contribution in [0.5, 0.6) is 23.4 Å². The first kappa shape index (κ1) is 25.1. The normalized spacial score (nSPS) is 10.9. The molecule has 3 heterocycles. The molecule has 0 bridgehead atoms. The van der Waals surface area contributed by atoms with Gasteiger partial charge in [-0.2, -0.15) is 14.8 Å². The van der Waals surface area contributed by atoms with E-state index < -0.39 is 11.2 Å². The Balaban J connectivity index is 1.52. The Hall–Kier alpha value is -4.59. The molecule has 3 aromatic heterocycles. The van der Waals surface area contributed by atoms with E-state index >= 15 is 0 Å². The van der Waals surface area contributed by atoms with Gasteiger partial charge < -0.3 is 9.47 Å². The summed E-state index contributed by atoms with van der Waals surface area (Å²) in [5.74, 6) is 1.11. The Morgan fingerprint density at radius 3 is 2.29 bits per heavy atom. The van der Waals surface area contributed by atoms with Crippen molar-refractivity contribution in [1.82, 2.24) is 19.1 Å². The number of ether oxygens (including phenoxy) is 2. The molecule has 10 nitrogen and oxygen atoms in total. The molecule has 38 heavy (non-hydrogen) atoms. The molecular weight excluding hydrogens is 531 g/mol. The number of nitrogens with zero attached hydrogens (tertiary/aromatic N) is 5. The first-order valence-corrected chi connectivity index (χ1v) is 12.0. The zero-order valence-corrected chi connectivity index (χ0v) is 21.6. The monoisotopic (exact) mass is 549 g/mol. The smallest absolute Gasteiger partial charge is 0.438 e. The molecule has 1 N–H and O–H groups in total. The summed E-state index contributed by atoms with van der Waals surface area (Å²) in [6, 6.07) is 17.5. The fourth-order valence-electron chi connectivity index (χ4n) is 3.86. The van der Waals surface area contributed by atoms with Gasteiger partial charge >= 0.3 is 17.3 Å². The highest BCUT2D eigenvalue weighted by Gasteiger charge is 2.28. The lowest BCUT2D eigenvalue weighted by Crippen LogP contribution is -2.44. The number of aromatic nitrogens is 5.